The fraction of sp³-hybridized carbons (Fsp3) is 0.167. The van der Waals surface area contributed by atoms with Gasteiger partial charge in [0.25, 0.3) is 5.91 Å². The Balaban J connectivity index is 2.16. The molecule has 0 fully saturated rings. The number of rotatable bonds is 4. The van der Waals surface area contributed by atoms with Gasteiger partial charge in [0.2, 0.25) is 5.69 Å². The van der Waals surface area contributed by atoms with Crippen LogP contribution in [-0.2, 0) is 4.74 Å². The average Bonchev–Trinajstić information content (AvgIpc) is 2.87. The van der Waals surface area contributed by atoms with Crippen molar-refractivity contribution in [3.05, 3.63) is 40.5 Å². The molecule has 104 valence electrons. The molecule has 0 aliphatic heterocycles. The molecule has 0 spiro atoms. The van der Waals surface area contributed by atoms with E-state index < -0.39 is 11.9 Å². The van der Waals surface area contributed by atoms with Crippen LogP contribution in [0.25, 0.3) is 0 Å². The predicted octanol–water partition coefficient (Wildman–Crippen LogP) is 2.62. The number of ether oxygens (including phenoxy) is 1. The van der Waals surface area contributed by atoms with Crippen molar-refractivity contribution in [1.29, 1.82) is 0 Å². The third kappa shape index (κ3) is 3.31. The number of halogens is 1. The highest BCUT2D eigenvalue weighted by Crippen LogP contribution is 2.20. The lowest BCUT2D eigenvalue weighted by Crippen LogP contribution is -2.14. The number of amides is 1. The van der Waals surface area contributed by atoms with Crippen LogP contribution in [0.2, 0.25) is 5.02 Å². The van der Waals surface area contributed by atoms with Gasteiger partial charge in [-0.2, -0.15) is 0 Å². The first-order chi connectivity index (χ1) is 9.61. The summed E-state index contributed by atoms with van der Waals surface area (Å²) in [5, 5.41) is 6.91. The molecule has 0 saturated heterocycles. The molecule has 2 rings (SSSR count). The van der Waals surface area contributed by atoms with Gasteiger partial charge in [0.15, 0.2) is 5.00 Å². The number of anilines is 1. The molecule has 1 heterocycles. The summed E-state index contributed by atoms with van der Waals surface area (Å²) in [5.41, 5.74) is 0.368. The molecule has 0 saturated carbocycles. The first kappa shape index (κ1) is 14.4. The third-order valence-corrected chi connectivity index (χ3v) is 3.15. The van der Waals surface area contributed by atoms with Gasteiger partial charge < -0.3 is 10.1 Å². The van der Waals surface area contributed by atoms with E-state index in [1.807, 2.05) is 0 Å². The van der Waals surface area contributed by atoms with Crippen molar-refractivity contribution in [2.24, 2.45) is 0 Å². The lowest BCUT2D eigenvalue weighted by Gasteiger charge is -2.04. The van der Waals surface area contributed by atoms with Crippen LogP contribution in [0.5, 0.6) is 0 Å². The van der Waals surface area contributed by atoms with Crippen LogP contribution in [0.15, 0.2) is 24.3 Å². The van der Waals surface area contributed by atoms with Crippen molar-refractivity contribution >= 4 is 40.0 Å². The van der Waals surface area contributed by atoms with E-state index in [1.54, 1.807) is 25.1 Å². The van der Waals surface area contributed by atoms with Crippen molar-refractivity contribution < 1.29 is 14.3 Å². The molecule has 1 aromatic carbocycles. The highest BCUT2D eigenvalue weighted by Gasteiger charge is 2.20. The van der Waals surface area contributed by atoms with Crippen molar-refractivity contribution in [2.45, 2.75) is 6.92 Å². The minimum Gasteiger partial charge on any atom is -0.461 e. The van der Waals surface area contributed by atoms with Gasteiger partial charge in [0.1, 0.15) is 0 Å². The second-order valence-corrected chi connectivity index (χ2v) is 4.83. The standard InChI is InChI=1S/C12H10ClN3O3S/c1-2-19-12(18)9-11(20-16-15-9)14-10(17)7-4-3-5-8(13)6-7/h3-6H,2H2,1H3,(H,14,17). The van der Waals surface area contributed by atoms with E-state index in [1.165, 1.54) is 6.07 Å². The normalized spacial score (nSPS) is 10.1. The Bertz CT molecular complexity index is 644. The Morgan fingerprint density at radius 3 is 2.95 bits per heavy atom. The number of carbonyl (C=O) groups is 2. The molecule has 0 radical (unpaired) electrons. The van der Waals surface area contributed by atoms with Gasteiger partial charge in [-0.05, 0) is 25.1 Å². The fourth-order valence-corrected chi connectivity index (χ4v) is 2.15. The first-order valence-electron chi connectivity index (χ1n) is 5.68. The van der Waals surface area contributed by atoms with Crippen LogP contribution in [0.1, 0.15) is 27.8 Å². The summed E-state index contributed by atoms with van der Waals surface area (Å²) >= 11 is 6.72. The lowest BCUT2D eigenvalue weighted by atomic mass is 10.2. The smallest absolute Gasteiger partial charge is 0.362 e. The van der Waals surface area contributed by atoms with Crippen molar-refractivity contribution in [3.63, 3.8) is 0 Å². The van der Waals surface area contributed by atoms with Gasteiger partial charge in [-0.15, -0.1) is 5.10 Å². The number of benzene rings is 1. The molecular formula is C12H10ClN3O3S. The van der Waals surface area contributed by atoms with Crippen molar-refractivity contribution in [2.75, 3.05) is 11.9 Å². The number of hydrogen-bond acceptors (Lipinski definition) is 6. The minimum absolute atomic E-state index is 0.00720. The zero-order chi connectivity index (χ0) is 14.5. The average molecular weight is 312 g/mol. The molecule has 0 atom stereocenters. The Kier molecular flexibility index (Phi) is 4.65. The van der Waals surface area contributed by atoms with E-state index >= 15 is 0 Å². The fourth-order valence-electron chi connectivity index (χ4n) is 1.41. The van der Waals surface area contributed by atoms with E-state index in [0.29, 0.717) is 10.6 Å². The zero-order valence-electron chi connectivity index (χ0n) is 10.4. The van der Waals surface area contributed by atoms with Crippen LogP contribution in [0.4, 0.5) is 5.00 Å². The number of aromatic nitrogens is 2. The van der Waals surface area contributed by atoms with Gasteiger partial charge in [-0.25, -0.2) is 4.79 Å². The maximum atomic E-state index is 12.0. The van der Waals surface area contributed by atoms with Crippen LogP contribution in [0.3, 0.4) is 0 Å². The van der Waals surface area contributed by atoms with Crippen LogP contribution in [-0.4, -0.2) is 28.1 Å². The van der Waals surface area contributed by atoms with Gasteiger partial charge in [-0.1, -0.05) is 22.2 Å². The van der Waals surface area contributed by atoms with Crippen LogP contribution < -0.4 is 5.32 Å². The van der Waals surface area contributed by atoms with E-state index in [9.17, 15) is 9.59 Å². The molecule has 2 aromatic rings. The SMILES string of the molecule is CCOC(=O)c1nnsc1NC(=O)c1cccc(Cl)c1. The summed E-state index contributed by atoms with van der Waals surface area (Å²) in [5.74, 6) is -1.02. The van der Waals surface area contributed by atoms with E-state index in [2.05, 4.69) is 14.9 Å². The predicted molar refractivity (Wildman–Crippen MR) is 75.3 cm³/mol. The minimum atomic E-state index is -0.623. The van der Waals surface area contributed by atoms with Crippen LogP contribution in [0, 0.1) is 0 Å². The topological polar surface area (TPSA) is 81.2 Å². The summed E-state index contributed by atoms with van der Waals surface area (Å²) in [6, 6.07) is 6.46. The largest absolute Gasteiger partial charge is 0.461 e. The molecule has 0 aliphatic rings. The quantitative estimate of drug-likeness (QED) is 0.878. The molecule has 8 heteroatoms. The highest BCUT2D eigenvalue weighted by atomic mass is 35.5. The van der Waals surface area contributed by atoms with Gasteiger partial charge in [-0.3, -0.25) is 4.79 Å². The highest BCUT2D eigenvalue weighted by molar-refractivity contribution is 7.10. The molecule has 0 aliphatic carbocycles. The summed E-state index contributed by atoms with van der Waals surface area (Å²) in [6.07, 6.45) is 0. The summed E-state index contributed by atoms with van der Waals surface area (Å²) in [4.78, 5) is 23.6. The maximum absolute atomic E-state index is 12.0. The number of hydrogen-bond donors (Lipinski definition) is 1. The molecule has 1 amide bonds. The number of esters is 1. The number of nitrogens with zero attached hydrogens (tertiary/aromatic N) is 2. The molecule has 1 aromatic heterocycles. The molecule has 1 N–H and O–H groups in total. The van der Waals surface area contributed by atoms with Crippen molar-refractivity contribution in [3.8, 4) is 0 Å². The number of carbonyl (C=O) groups excluding carboxylic acids is 2. The Morgan fingerprint density at radius 2 is 2.25 bits per heavy atom. The van der Waals surface area contributed by atoms with E-state index in [4.69, 9.17) is 16.3 Å². The lowest BCUT2D eigenvalue weighted by molar-refractivity contribution is 0.0520. The second-order valence-electron chi connectivity index (χ2n) is 3.64. The van der Waals surface area contributed by atoms with E-state index in [-0.39, 0.29) is 17.3 Å². The summed E-state index contributed by atoms with van der Waals surface area (Å²) in [7, 11) is 0. The van der Waals surface area contributed by atoms with Gasteiger partial charge in [0, 0.05) is 22.1 Å². The molecule has 0 unspecified atom stereocenters. The zero-order valence-corrected chi connectivity index (χ0v) is 12.0. The Labute approximate surface area is 123 Å². The molecule has 6 nitrogen and oxygen atoms in total. The Morgan fingerprint density at radius 1 is 1.45 bits per heavy atom. The monoisotopic (exact) mass is 311 g/mol. The number of nitrogens with one attached hydrogen (secondary N) is 1. The summed E-state index contributed by atoms with van der Waals surface area (Å²) < 4.78 is 8.47. The maximum Gasteiger partial charge on any atom is 0.362 e. The van der Waals surface area contributed by atoms with Crippen LogP contribution >= 0.6 is 23.1 Å². The van der Waals surface area contributed by atoms with Crippen molar-refractivity contribution in [1.82, 2.24) is 9.59 Å². The molecular weight excluding hydrogens is 302 g/mol. The summed E-state index contributed by atoms with van der Waals surface area (Å²) in [6.45, 7) is 1.90. The molecule has 20 heavy (non-hydrogen) atoms. The first-order valence-corrected chi connectivity index (χ1v) is 6.83. The van der Waals surface area contributed by atoms with E-state index in [0.717, 1.165) is 11.5 Å². The third-order valence-electron chi connectivity index (χ3n) is 2.27. The second kappa shape index (κ2) is 6.44. The van der Waals surface area contributed by atoms with Gasteiger partial charge >= 0.3 is 5.97 Å². The Hall–Kier alpha value is -1.99. The molecule has 0 bridgehead atoms. The van der Waals surface area contributed by atoms with Gasteiger partial charge in [0.05, 0.1) is 6.61 Å².